The molecule has 1 heterocycles. The van der Waals surface area contributed by atoms with Crippen LogP contribution in [-0.4, -0.2) is 15.9 Å². The minimum absolute atomic E-state index is 0.102. The van der Waals surface area contributed by atoms with Gasteiger partial charge in [0.2, 0.25) is 5.91 Å². The van der Waals surface area contributed by atoms with Crippen LogP contribution in [0.15, 0.2) is 31.1 Å². The number of aromatic nitrogens is 2. The number of hydrogen-bond donors (Lipinski definition) is 1. The van der Waals surface area contributed by atoms with Gasteiger partial charge in [0, 0.05) is 12.4 Å². The van der Waals surface area contributed by atoms with Gasteiger partial charge in [0.1, 0.15) is 5.82 Å². The highest BCUT2D eigenvalue weighted by Gasteiger charge is 2.22. The molecule has 1 N–H and O–H groups in total. The van der Waals surface area contributed by atoms with Crippen molar-refractivity contribution in [2.75, 3.05) is 0 Å². The Labute approximate surface area is 114 Å². The van der Waals surface area contributed by atoms with Gasteiger partial charge in [-0.3, -0.25) is 4.79 Å². The Morgan fingerprint density at radius 2 is 2.05 bits per heavy atom. The zero-order chi connectivity index (χ0) is 13.5. The van der Waals surface area contributed by atoms with Crippen LogP contribution in [0.5, 0.6) is 0 Å². The molecule has 1 atom stereocenters. The Kier molecular flexibility index (Phi) is 5.07. The van der Waals surface area contributed by atoms with E-state index in [4.69, 9.17) is 0 Å². The summed E-state index contributed by atoms with van der Waals surface area (Å²) in [6.45, 7) is 3.50. The molecule has 1 aromatic heterocycles. The Morgan fingerprint density at radius 1 is 1.37 bits per heavy atom. The molecule has 0 radical (unpaired) electrons. The van der Waals surface area contributed by atoms with Crippen molar-refractivity contribution in [2.45, 2.75) is 44.6 Å². The molecule has 1 aliphatic carbocycles. The van der Waals surface area contributed by atoms with Crippen LogP contribution in [0.2, 0.25) is 0 Å². The number of amides is 1. The number of nitrogens with one attached hydrogen (secondary N) is 1. The van der Waals surface area contributed by atoms with Crippen LogP contribution in [0.1, 0.15) is 50.4 Å². The first-order valence-corrected chi connectivity index (χ1v) is 6.99. The van der Waals surface area contributed by atoms with Crippen molar-refractivity contribution < 1.29 is 4.79 Å². The molecule has 0 aromatic carbocycles. The number of carbonyl (C=O) groups excluding carboxylic acids is 1. The van der Waals surface area contributed by atoms with Crippen molar-refractivity contribution in [1.82, 2.24) is 15.3 Å². The summed E-state index contributed by atoms with van der Waals surface area (Å²) in [4.78, 5) is 20.1. The van der Waals surface area contributed by atoms with E-state index in [-0.39, 0.29) is 11.9 Å². The van der Waals surface area contributed by atoms with Gasteiger partial charge in [-0.1, -0.05) is 38.7 Å². The predicted molar refractivity (Wildman–Crippen MR) is 74.3 cm³/mol. The first-order chi connectivity index (χ1) is 9.29. The Bertz CT molecular complexity index is 413. The van der Waals surface area contributed by atoms with Gasteiger partial charge in [-0.2, -0.15) is 0 Å². The fraction of sp³-hybridized carbons (Fsp3) is 0.533. The highest BCUT2D eigenvalue weighted by atomic mass is 16.1. The van der Waals surface area contributed by atoms with E-state index >= 15 is 0 Å². The van der Waals surface area contributed by atoms with E-state index in [1.165, 1.54) is 38.2 Å². The van der Waals surface area contributed by atoms with Gasteiger partial charge in [-0.15, -0.1) is 0 Å². The van der Waals surface area contributed by atoms with Gasteiger partial charge in [-0.05, 0) is 24.5 Å². The lowest BCUT2D eigenvalue weighted by molar-refractivity contribution is -0.117. The molecular weight excluding hydrogens is 238 g/mol. The maximum absolute atomic E-state index is 11.6. The smallest absolute Gasteiger partial charge is 0.243 e. The SMILES string of the molecule is C=CC(=O)N[C@@H](CC1CCCCC1)c1ncccn1. The van der Waals surface area contributed by atoms with E-state index in [1.807, 2.05) is 0 Å². The van der Waals surface area contributed by atoms with E-state index in [2.05, 4.69) is 21.9 Å². The molecule has 1 aromatic rings. The summed E-state index contributed by atoms with van der Waals surface area (Å²) in [6, 6.07) is 1.69. The van der Waals surface area contributed by atoms with Crippen LogP contribution in [0.25, 0.3) is 0 Å². The largest absolute Gasteiger partial charge is 0.343 e. The molecule has 19 heavy (non-hydrogen) atoms. The van der Waals surface area contributed by atoms with E-state index < -0.39 is 0 Å². The minimum Gasteiger partial charge on any atom is -0.343 e. The lowest BCUT2D eigenvalue weighted by Gasteiger charge is -2.26. The second-order valence-electron chi connectivity index (χ2n) is 5.11. The highest BCUT2D eigenvalue weighted by Crippen LogP contribution is 2.30. The van der Waals surface area contributed by atoms with Crippen molar-refractivity contribution in [2.24, 2.45) is 5.92 Å². The highest BCUT2D eigenvalue weighted by molar-refractivity contribution is 5.87. The van der Waals surface area contributed by atoms with E-state index in [0.717, 1.165) is 6.42 Å². The number of hydrogen-bond acceptors (Lipinski definition) is 3. The maximum atomic E-state index is 11.6. The summed E-state index contributed by atoms with van der Waals surface area (Å²) in [5.41, 5.74) is 0. The molecule has 0 aliphatic heterocycles. The molecule has 0 saturated heterocycles. The van der Waals surface area contributed by atoms with Gasteiger partial charge in [-0.25, -0.2) is 9.97 Å². The molecule has 1 aliphatic rings. The third-order valence-electron chi connectivity index (χ3n) is 3.69. The molecule has 1 saturated carbocycles. The first-order valence-electron chi connectivity index (χ1n) is 6.99. The van der Waals surface area contributed by atoms with Crippen molar-refractivity contribution in [1.29, 1.82) is 0 Å². The molecule has 0 bridgehead atoms. The number of carbonyl (C=O) groups is 1. The fourth-order valence-electron chi connectivity index (χ4n) is 2.71. The molecule has 4 heteroatoms. The normalized spacial score (nSPS) is 17.7. The third kappa shape index (κ3) is 4.16. The number of rotatable bonds is 5. The van der Waals surface area contributed by atoms with Crippen LogP contribution >= 0.6 is 0 Å². The minimum atomic E-state index is -0.159. The van der Waals surface area contributed by atoms with E-state index in [0.29, 0.717) is 11.7 Å². The zero-order valence-corrected chi connectivity index (χ0v) is 11.2. The molecule has 0 unspecified atom stereocenters. The summed E-state index contributed by atoms with van der Waals surface area (Å²) < 4.78 is 0. The van der Waals surface area contributed by atoms with Gasteiger partial charge < -0.3 is 5.32 Å². The second kappa shape index (κ2) is 7.02. The average Bonchev–Trinajstić information content (AvgIpc) is 2.48. The second-order valence-corrected chi connectivity index (χ2v) is 5.11. The molecule has 2 rings (SSSR count). The van der Waals surface area contributed by atoms with Crippen molar-refractivity contribution in [3.63, 3.8) is 0 Å². The summed E-state index contributed by atoms with van der Waals surface area (Å²) in [6.07, 6.45) is 12.1. The van der Waals surface area contributed by atoms with Gasteiger partial charge in [0.15, 0.2) is 0 Å². The number of nitrogens with zero attached hydrogens (tertiary/aromatic N) is 2. The van der Waals surface area contributed by atoms with E-state index in [9.17, 15) is 4.79 Å². The van der Waals surface area contributed by atoms with Crippen LogP contribution in [0.4, 0.5) is 0 Å². The summed E-state index contributed by atoms with van der Waals surface area (Å²) >= 11 is 0. The predicted octanol–water partition coefficient (Wildman–Crippen LogP) is 2.79. The molecule has 4 nitrogen and oxygen atoms in total. The monoisotopic (exact) mass is 259 g/mol. The lowest BCUT2D eigenvalue weighted by Crippen LogP contribution is -2.30. The summed E-state index contributed by atoms with van der Waals surface area (Å²) in [5.74, 6) is 1.20. The van der Waals surface area contributed by atoms with Crippen molar-refractivity contribution >= 4 is 5.91 Å². The first kappa shape index (κ1) is 13.7. The zero-order valence-electron chi connectivity index (χ0n) is 11.2. The lowest BCUT2D eigenvalue weighted by atomic mass is 9.84. The van der Waals surface area contributed by atoms with Crippen LogP contribution in [0, 0.1) is 5.92 Å². The molecular formula is C15H21N3O. The van der Waals surface area contributed by atoms with E-state index in [1.54, 1.807) is 18.5 Å². The fourth-order valence-corrected chi connectivity index (χ4v) is 2.71. The Balaban J connectivity index is 2.05. The Morgan fingerprint density at radius 3 is 2.68 bits per heavy atom. The van der Waals surface area contributed by atoms with Crippen LogP contribution in [-0.2, 0) is 4.79 Å². The summed E-state index contributed by atoms with van der Waals surface area (Å²) in [7, 11) is 0. The maximum Gasteiger partial charge on any atom is 0.243 e. The molecule has 102 valence electrons. The third-order valence-corrected chi connectivity index (χ3v) is 3.69. The molecule has 0 spiro atoms. The van der Waals surface area contributed by atoms with Gasteiger partial charge in [0.25, 0.3) is 0 Å². The van der Waals surface area contributed by atoms with Gasteiger partial charge >= 0.3 is 0 Å². The Hall–Kier alpha value is -1.71. The summed E-state index contributed by atoms with van der Waals surface area (Å²) in [5, 5.41) is 2.95. The standard InChI is InChI=1S/C15H21N3O/c1-2-14(19)18-13(15-16-9-6-10-17-15)11-12-7-4-3-5-8-12/h2,6,9-10,12-13H,1,3-5,7-8,11H2,(H,18,19)/t13-/m0/s1. The topological polar surface area (TPSA) is 54.9 Å². The molecule has 1 amide bonds. The van der Waals surface area contributed by atoms with Crippen LogP contribution in [0.3, 0.4) is 0 Å². The molecule has 1 fully saturated rings. The van der Waals surface area contributed by atoms with Crippen molar-refractivity contribution in [3.05, 3.63) is 36.9 Å². The van der Waals surface area contributed by atoms with Crippen LogP contribution < -0.4 is 5.32 Å². The van der Waals surface area contributed by atoms with Gasteiger partial charge in [0.05, 0.1) is 6.04 Å². The quantitative estimate of drug-likeness (QED) is 0.827. The average molecular weight is 259 g/mol. The van der Waals surface area contributed by atoms with Crippen molar-refractivity contribution in [3.8, 4) is 0 Å².